The van der Waals surface area contributed by atoms with Gasteiger partial charge >= 0.3 is 6.03 Å². The van der Waals surface area contributed by atoms with Crippen LogP contribution < -0.4 is 10.6 Å². The van der Waals surface area contributed by atoms with Crippen LogP contribution in [0.2, 0.25) is 5.02 Å². The number of carbonyl (C=O) groups excluding carboxylic acids is 2. The van der Waals surface area contributed by atoms with E-state index in [9.17, 15) is 9.59 Å². The quantitative estimate of drug-likeness (QED) is 0.805. The Labute approximate surface area is 116 Å². The van der Waals surface area contributed by atoms with Gasteiger partial charge in [-0.05, 0) is 18.6 Å². The van der Waals surface area contributed by atoms with Crippen molar-refractivity contribution in [3.63, 3.8) is 0 Å². The van der Waals surface area contributed by atoms with Crippen LogP contribution in [0.3, 0.4) is 0 Å². The maximum atomic E-state index is 11.5. The third-order valence-electron chi connectivity index (χ3n) is 2.72. The summed E-state index contributed by atoms with van der Waals surface area (Å²) in [7, 11) is 0. The Bertz CT molecular complexity index is 491. The van der Waals surface area contributed by atoms with Gasteiger partial charge in [-0.1, -0.05) is 18.5 Å². The first-order valence-electron chi connectivity index (χ1n) is 6.09. The van der Waals surface area contributed by atoms with E-state index < -0.39 is 6.03 Å². The lowest BCUT2D eigenvalue weighted by molar-refractivity contribution is -0.125. The molecule has 0 saturated carbocycles. The number of halogens is 1. The third kappa shape index (κ3) is 3.14. The van der Waals surface area contributed by atoms with Gasteiger partial charge in [-0.2, -0.15) is 0 Å². The molecule has 2 N–H and O–H groups in total. The molecule has 0 radical (unpaired) electrons. The van der Waals surface area contributed by atoms with E-state index in [0.29, 0.717) is 16.5 Å². The smallest absolute Gasteiger partial charge is 0.324 e. The zero-order chi connectivity index (χ0) is 13.8. The number of rotatable bonds is 5. The average Bonchev–Trinajstić information content (AvgIpc) is 2.71. The Morgan fingerprint density at radius 2 is 2.26 bits per heavy atom. The van der Waals surface area contributed by atoms with Crippen LogP contribution in [0.25, 0.3) is 0 Å². The van der Waals surface area contributed by atoms with Crippen molar-refractivity contribution in [2.75, 3.05) is 18.4 Å². The molecule has 2 heterocycles. The molecule has 1 aromatic heterocycles. The molecule has 1 saturated heterocycles. The summed E-state index contributed by atoms with van der Waals surface area (Å²) < 4.78 is 0. The molecule has 19 heavy (non-hydrogen) atoms. The fourth-order valence-electron chi connectivity index (χ4n) is 1.71. The van der Waals surface area contributed by atoms with Crippen molar-refractivity contribution in [3.05, 3.63) is 22.8 Å². The Balaban J connectivity index is 2.14. The second-order valence-electron chi connectivity index (χ2n) is 4.19. The lowest BCUT2D eigenvalue weighted by Gasteiger charge is -2.14. The summed E-state index contributed by atoms with van der Waals surface area (Å²) in [5.74, 6) is 0.420. The second kappa shape index (κ2) is 5.88. The monoisotopic (exact) mass is 282 g/mol. The second-order valence-corrected chi connectivity index (χ2v) is 4.60. The Kier molecular flexibility index (Phi) is 4.21. The molecule has 0 bridgehead atoms. The number of hydrogen-bond donors (Lipinski definition) is 2. The van der Waals surface area contributed by atoms with Crippen LogP contribution >= 0.6 is 11.6 Å². The summed E-state index contributed by atoms with van der Waals surface area (Å²) in [5, 5.41) is 6.03. The number of urea groups is 1. The first-order valence-corrected chi connectivity index (χ1v) is 6.47. The average molecular weight is 283 g/mol. The molecule has 1 aliphatic heterocycles. The Hall–Kier alpha value is -1.82. The van der Waals surface area contributed by atoms with Crippen molar-refractivity contribution >= 4 is 29.4 Å². The molecule has 0 spiro atoms. The first kappa shape index (κ1) is 13.6. The predicted molar refractivity (Wildman–Crippen MR) is 72.0 cm³/mol. The largest absolute Gasteiger partial charge is 0.370 e. The van der Waals surface area contributed by atoms with Crippen LogP contribution in [-0.2, 0) is 11.3 Å². The molecule has 1 aliphatic rings. The van der Waals surface area contributed by atoms with Crippen LogP contribution in [0.15, 0.2) is 12.1 Å². The van der Waals surface area contributed by atoms with Crippen LogP contribution in [-0.4, -0.2) is 34.9 Å². The van der Waals surface area contributed by atoms with E-state index in [4.69, 9.17) is 11.6 Å². The number of imide groups is 1. The van der Waals surface area contributed by atoms with Crippen molar-refractivity contribution in [1.82, 2.24) is 15.2 Å². The minimum atomic E-state index is -0.408. The molecule has 0 atom stereocenters. The van der Waals surface area contributed by atoms with Gasteiger partial charge in [-0.15, -0.1) is 0 Å². The van der Waals surface area contributed by atoms with Gasteiger partial charge < -0.3 is 10.6 Å². The summed E-state index contributed by atoms with van der Waals surface area (Å²) >= 11 is 6.04. The van der Waals surface area contributed by atoms with E-state index in [-0.39, 0.29) is 19.0 Å². The number of nitrogens with one attached hydrogen (secondary N) is 2. The third-order valence-corrected chi connectivity index (χ3v) is 3.06. The predicted octanol–water partition coefficient (Wildman–Crippen LogP) is 1.61. The molecular weight excluding hydrogens is 268 g/mol. The van der Waals surface area contributed by atoms with Crippen LogP contribution in [0.4, 0.5) is 10.6 Å². The normalized spacial score (nSPS) is 14.7. The molecular formula is C12H15ClN4O2. The maximum absolute atomic E-state index is 11.5. The molecule has 0 aliphatic carbocycles. The highest BCUT2D eigenvalue weighted by molar-refractivity contribution is 6.31. The highest BCUT2D eigenvalue weighted by Gasteiger charge is 2.29. The number of pyridine rings is 1. The zero-order valence-corrected chi connectivity index (χ0v) is 11.3. The van der Waals surface area contributed by atoms with E-state index in [1.807, 2.05) is 0 Å². The standard InChI is InChI=1S/C12H15ClN4O2/c1-2-5-14-10-4-3-8(13)9(16-10)7-17-11(18)6-15-12(17)19/h3-4H,2,5-7H2,1H3,(H,14,16)(H,15,19). The van der Waals surface area contributed by atoms with E-state index in [1.165, 1.54) is 0 Å². The highest BCUT2D eigenvalue weighted by Crippen LogP contribution is 2.19. The number of anilines is 1. The number of carbonyl (C=O) groups is 2. The first-order chi connectivity index (χ1) is 9.11. The van der Waals surface area contributed by atoms with Gasteiger partial charge in [0.2, 0.25) is 5.91 Å². The molecule has 6 nitrogen and oxygen atoms in total. The van der Waals surface area contributed by atoms with E-state index in [2.05, 4.69) is 22.5 Å². The van der Waals surface area contributed by atoms with Crippen molar-refractivity contribution in [1.29, 1.82) is 0 Å². The van der Waals surface area contributed by atoms with E-state index in [1.54, 1.807) is 12.1 Å². The number of amides is 3. The number of hydrogen-bond acceptors (Lipinski definition) is 4. The minimum Gasteiger partial charge on any atom is -0.370 e. The number of aromatic nitrogens is 1. The van der Waals surface area contributed by atoms with Crippen molar-refractivity contribution in [2.45, 2.75) is 19.9 Å². The zero-order valence-electron chi connectivity index (χ0n) is 10.6. The molecule has 102 valence electrons. The molecule has 0 aromatic carbocycles. The van der Waals surface area contributed by atoms with Crippen molar-refractivity contribution < 1.29 is 9.59 Å². The van der Waals surface area contributed by atoms with Gasteiger partial charge in [0.05, 0.1) is 23.8 Å². The Morgan fingerprint density at radius 3 is 2.89 bits per heavy atom. The molecule has 0 unspecified atom stereocenters. The van der Waals surface area contributed by atoms with Crippen LogP contribution in [0, 0.1) is 0 Å². The van der Waals surface area contributed by atoms with Crippen molar-refractivity contribution in [3.8, 4) is 0 Å². The minimum absolute atomic E-state index is 0.0320. The van der Waals surface area contributed by atoms with Gasteiger partial charge in [0, 0.05) is 6.54 Å². The SMILES string of the molecule is CCCNc1ccc(Cl)c(CN2C(=O)CNC2=O)n1. The molecule has 2 rings (SSSR count). The fourth-order valence-corrected chi connectivity index (χ4v) is 1.88. The summed E-state index contributed by atoms with van der Waals surface area (Å²) in [6, 6.07) is 3.07. The van der Waals surface area contributed by atoms with Crippen molar-refractivity contribution in [2.24, 2.45) is 0 Å². The summed E-state index contributed by atoms with van der Waals surface area (Å²) in [5.41, 5.74) is 0.508. The summed E-state index contributed by atoms with van der Waals surface area (Å²) in [6.07, 6.45) is 0.979. The van der Waals surface area contributed by atoms with Gasteiger partial charge in [-0.3, -0.25) is 9.69 Å². The lowest BCUT2D eigenvalue weighted by Crippen LogP contribution is -2.30. The van der Waals surface area contributed by atoms with Gasteiger partial charge in [-0.25, -0.2) is 9.78 Å². The molecule has 7 heteroatoms. The highest BCUT2D eigenvalue weighted by atomic mass is 35.5. The van der Waals surface area contributed by atoms with Gasteiger partial charge in [0.15, 0.2) is 0 Å². The number of nitrogens with zero attached hydrogens (tertiary/aromatic N) is 2. The molecule has 3 amide bonds. The van der Waals surface area contributed by atoms with E-state index >= 15 is 0 Å². The molecule has 1 aromatic rings. The van der Waals surface area contributed by atoms with Gasteiger partial charge in [0.1, 0.15) is 5.82 Å². The summed E-state index contributed by atoms with van der Waals surface area (Å²) in [4.78, 5) is 28.4. The fraction of sp³-hybridized carbons (Fsp3) is 0.417. The topological polar surface area (TPSA) is 74.3 Å². The van der Waals surface area contributed by atoms with Crippen LogP contribution in [0.5, 0.6) is 0 Å². The lowest BCUT2D eigenvalue weighted by atomic mass is 10.3. The molecule has 1 fully saturated rings. The van der Waals surface area contributed by atoms with Crippen LogP contribution in [0.1, 0.15) is 19.0 Å². The summed E-state index contributed by atoms with van der Waals surface area (Å²) in [6.45, 7) is 2.98. The Morgan fingerprint density at radius 1 is 1.47 bits per heavy atom. The maximum Gasteiger partial charge on any atom is 0.324 e. The van der Waals surface area contributed by atoms with E-state index in [0.717, 1.165) is 17.9 Å². The van der Waals surface area contributed by atoms with Gasteiger partial charge in [0.25, 0.3) is 0 Å².